The fourth-order valence-corrected chi connectivity index (χ4v) is 2.04. The zero-order chi connectivity index (χ0) is 15.8. The fraction of sp³-hybridized carbons (Fsp3) is 0.500. The molecule has 0 fully saturated rings. The highest BCUT2D eigenvalue weighted by Gasteiger charge is 2.17. The van der Waals surface area contributed by atoms with Crippen molar-refractivity contribution in [1.82, 2.24) is 10.2 Å². The quantitative estimate of drug-likeness (QED) is 0.561. The molecule has 2 N–H and O–H groups in total. The van der Waals surface area contributed by atoms with Gasteiger partial charge >= 0.3 is 0 Å². The Morgan fingerprint density at radius 1 is 1.43 bits per heavy atom. The van der Waals surface area contributed by atoms with Crippen LogP contribution in [0.5, 0.6) is 0 Å². The summed E-state index contributed by atoms with van der Waals surface area (Å²) in [6.07, 6.45) is 0.401. The number of anilines is 1. The number of para-hydroxylation sites is 1. The number of nitrogens with zero attached hydrogens (tertiary/aromatic N) is 2. The molecule has 1 rings (SSSR count). The molecule has 1 aromatic rings. The van der Waals surface area contributed by atoms with Gasteiger partial charge in [-0.3, -0.25) is 14.9 Å². The third-order valence-electron chi connectivity index (χ3n) is 3.12. The maximum atomic E-state index is 11.2. The van der Waals surface area contributed by atoms with Crippen LogP contribution in [0.1, 0.15) is 18.9 Å². The summed E-state index contributed by atoms with van der Waals surface area (Å²) in [6.45, 7) is 3.64. The Hall–Kier alpha value is -2.15. The van der Waals surface area contributed by atoms with E-state index in [1.165, 1.54) is 6.07 Å². The normalized spacial score (nSPS) is 10.5. The molecular formula is C14H22N4O3. The molecular weight excluding hydrogens is 272 g/mol. The van der Waals surface area contributed by atoms with Gasteiger partial charge < -0.3 is 15.5 Å². The Morgan fingerprint density at radius 2 is 2.14 bits per heavy atom. The Bertz CT molecular complexity index is 505. The Balaban J connectivity index is 2.84. The zero-order valence-corrected chi connectivity index (χ0v) is 12.7. The Morgan fingerprint density at radius 3 is 2.71 bits per heavy atom. The molecule has 0 aliphatic rings. The molecule has 1 aromatic carbocycles. The number of hydrogen-bond donors (Lipinski definition) is 2. The zero-order valence-electron chi connectivity index (χ0n) is 12.7. The summed E-state index contributed by atoms with van der Waals surface area (Å²) >= 11 is 0. The Labute approximate surface area is 124 Å². The lowest BCUT2D eigenvalue weighted by Gasteiger charge is -2.18. The largest absolute Gasteiger partial charge is 0.380 e. The maximum absolute atomic E-state index is 11.2. The van der Waals surface area contributed by atoms with Crippen molar-refractivity contribution in [2.24, 2.45) is 0 Å². The summed E-state index contributed by atoms with van der Waals surface area (Å²) < 4.78 is 0. The van der Waals surface area contributed by atoms with Gasteiger partial charge in [0.2, 0.25) is 5.91 Å². The molecule has 0 aliphatic heterocycles. The number of nitrogens with one attached hydrogen (secondary N) is 2. The smallest absolute Gasteiger partial charge is 0.292 e. The average molecular weight is 294 g/mol. The van der Waals surface area contributed by atoms with Gasteiger partial charge in [-0.05, 0) is 19.5 Å². The van der Waals surface area contributed by atoms with Crippen molar-refractivity contribution in [3.8, 4) is 0 Å². The first-order chi connectivity index (χ1) is 9.99. The first-order valence-electron chi connectivity index (χ1n) is 6.88. The standard InChI is InChI=1S/C14H22N4O3/c1-4-16-14-11(6-5-7-12(14)18(20)21)10-17(3)9-8-13(19)15-2/h5-7,16H,4,8-10H2,1-3H3,(H,15,19). The number of hydrogen-bond acceptors (Lipinski definition) is 5. The van der Waals surface area contributed by atoms with E-state index < -0.39 is 0 Å². The van der Waals surface area contributed by atoms with Gasteiger partial charge in [-0.25, -0.2) is 0 Å². The van der Waals surface area contributed by atoms with Gasteiger partial charge in [0.05, 0.1) is 4.92 Å². The minimum atomic E-state index is -0.383. The second kappa shape index (κ2) is 8.21. The van der Waals surface area contributed by atoms with Gasteiger partial charge in [0, 0.05) is 39.2 Å². The summed E-state index contributed by atoms with van der Waals surface area (Å²) in [5, 5.41) is 16.7. The van der Waals surface area contributed by atoms with Crippen LogP contribution < -0.4 is 10.6 Å². The van der Waals surface area contributed by atoms with E-state index >= 15 is 0 Å². The highest BCUT2D eigenvalue weighted by Crippen LogP contribution is 2.28. The van der Waals surface area contributed by atoms with E-state index in [9.17, 15) is 14.9 Å². The molecule has 116 valence electrons. The molecule has 0 atom stereocenters. The lowest BCUT2D eigenvalue weighted by atomic mass is 10.1. The van der Waals surface area contributed by atoms with Crippen LogP contribution in [0.25, 0.3) is 0 Å². The van der Waals surface area contributed by atoms with Crippen LogP contribution in [0.3, 0.4) is 0 Å². The molecule has 0 unspecified atom stereocenters. The van der Waals surface area contributed by atoms with Gasteiger partial charge in [-0.1, -0.05) is 12.1 Å². The van der Waals surface area contributed by atoms with Crippen LogP contribution in [0.15, 0.2) is 18.2 Å². The molecule has 0 bridgehead atoms. The van der Waals surface area contributed by atoms with Crippen molar-refractivity contribution in [2.45, 2.75) is 19.9 Å². The van der Waals surface area contributed by atoms with Gasteiger partial charge in [0.1, 0.15) is 5.69 Å². The summed E-state index contributed by atoms with van der Waals surface area (Å²) in [5.74, 6) is -0.0206. The minimum Gasteiger partial charge on any atom is -0.380 e. The minimum absolute atomic E-state index is 0.0206. The van der Waals surface area contributed by atoms with E-state index in [2.05, 4.69) is 10.6 Å². The molecule has 0 saturated carbocycles. The number of carbonyl (C=O) groups excluding carboxylic acids is 1. The molecule has 0 heterocycles. The molecule has 7 nitrogen and oxygen atoms in total. The molecule has 21 heavy (non-hydrogen) atoms. The van der Waals surface area contributed by atoms with Crippen molar-refractivity contribution >= 4 is 17.3 Å². The van der Waals surface area contributed by atoms with Crippen LogP contribution >= 0.6 is 0 Å². The van der Waals surface area contributed by atoms with Gasteiger partial charge in [0.15, 0.2) is 0 Å². The SMILES string of the molecule is CCNc1c(CN(C)CCC(=O)NC)cccc1[N+](=O)[O-]. The van der Waals surface area contributed by atoms with Crippen LogP contribution in [-0.2, 0) is 11.3 Å². The molecule has 0 spiro atoms. The summed E-state index contributed by atoms with van der Waals surface area (Å²) in [6, 6.07) is 5.04. The lowest BCUT2D eigenvalue weighted by Crippen LogP contribution is -2.26. The van der Waals surface area contributed by atoms with E-state index in [1.54, 1.807) is 13.1 Å². The van der Waals surface area contributed by atoms with E-state index in [0.717, 1.165) is 5.56 Å². The Kier molecular flexibility index (Phi) is 6.61. The van der Waals surface area contributed by atoms with Crippen LogP contribution in [0, 0.1) is 10.1 Å². The van der Waals surface area contributed by atoms with Crippen molar-refractivity contribution in [1.29, 1.82) is 0 Å². The van der Waals surface area contributed by atoms with E-state index in [-0.39, 0.29) is 16.5 Å². The van der Waals surface area contributed by atoms with E-state index in [1.807, 2.05) is 24.9 Å². The number of amides is 1. The van der Waals surface area contributed by atoms with E-state index in [4.69, 9.17) is 0 Å². The second-order valence-corrected chi connectivity index (χ2v) is 4.76. The number of rotatable bonds is 8. The number of benzene rings is 1. The van der Waals surface area contributed by atoms with Gasteiger partial charge in [0.25, 0.3) is 5.69 Å². The topological polar surface area (TPSA) is 87.5 Å². The summed E-state index contributed by atoms with van der Waals surface area (Å²) in [4.78, 5) is 23.9. The van der Waals surface area contributed by atoms with Gasteiger partial charge in [-0.15, -0.1) is 0 Å². The monoisotopic (exact) mass is 294 g/mol. The third kappa shape index (κ3) is 5.03. The maximum Gasteiger partial charge on any atom is 0.292 e. The number of nitro groups is 1. The van der Waals surface area contributed by atoms with Crippen LogP contribution in [0.2, 0.25) is 0 Å². The molecule has 0 saturated heterocycles. The predicted octanol–water partition coefficient (Wildman–Crippen LogP) is 1.59. The number of nitro benzene ring substituents is 1. The fourth-order valence-electron chi connectivity index (χ4n) is 2.04. The highest BCUT2D eigenvalue weighted by molar-refractivity contribution is 5.75. The summed E-state index contributed by atoms with van der Waals surface area (Å²) in [5.41, 5.74) is 1.48. The highest BCUT2D eigenvalue weighted by atomic mass is 16.6. The third-order valence-corrected chi connectivity index (χ3v) is 3.12. The van der Waals surface area contributed by atoms with Crippen molar-refractivity contribution in [3.63, 3.8) is 0 Å². The number of carbonyl (C=O) groups is 1. The van der Waals surface area contributed by atoms with E-state index in [0.29, 0.717) is 31.7 Å². The van der Waals surface area contributed by atoms with Crippen LogP contribution in [-0.4, -0.2) is 42.9 Å². The average Bonchev–Trinajstić information content (AvgIpc) is 2.46. The molecule has 7 heteroatoms. The van der Waals surface area contributed by atoms with Crippen LogP contribution in [0.4, 0.5) is 11.4 Å². The molecule has 0 aromatic heterocycles. The molecule has 1 amide bonds. The van der Waals surface area contributed by atoms with Crippen molar-refractivity contribution < 1.29 is 9.72 Å². The first-order valence-corrected chi connectivity index (χ1v) is 6.88. The van der Waals surface area contributed by atoms with Crippen molar-refractivity contribution in [3.05, 3.63) is 33.9 Å². The summed E-state index contributed by atoms with van der Waals surface area (Å²) in [7, 11) is 3.49. The molecule has 0 radical (unpaired) electrons. The second-order valence-electron chi connectivity index (χ2n) is 4.76. The predicted molar refractivity (Wildman–Crippen MR) is 82.3 cm³/mol. The molecule has 0 aliphatic carbocycles. The lowest BCUT2D eigenvalue weighted by molar-refractivity contribution is -0.384. The van der Waals surface area contributed by atoms with Crippen molar-refractivity contribution in [2.75, 3.05) is 32.5 Å². The first kappa shape index (κ1) is 16.9. The van der Waals surface area contributed by atoms with Gasteiger partial charge in [-0.2, -0.15) is 0 Å².